The number of alkyl halides is 10. The zero-order chi connectivity index (χ0) is 15.3. The van der Waals surface area contributed by atoms with Gasteiger partial charge in [-0.3, -0.25) is 0 Å². The van der Waals surface area contributed by atoms with Crippen LogP contribution in [0.2, 0.25) is 0 Å². The summed E-state index contributed by atoms with van der Waals surface area (Å²) in [7, 11) is 0. The van der Waals surface area contributed by atoms with Crippen LogP contribution >= 0.6 is 11.3 Å². The molecule has 110 valence electrons. The largest absolute Gasteiger partial charge is 0.460 e. The van der Waals surface area contributed by atoms with E-state index in [9.17, 15) is 43.9 Å². The van der Waals surface area contributed by atoms with Crippen molar-refractivity contribution in [2.75, 3.05) is 0 Å². The average molecular weight is 322 g/mol. The Morgan fingerprint density at radius 2 is 0.842 bits per heavy atom. The van der Waals surface area contributed by atoms with Gasteiger partial charge in [0, 0.05) is 0 Å². The molecular weight excluding hydrogens is 322 g/mol. The van der Waals surface area contributed by atoms with Crippen LogP contribution in [-0.4, -0.2) is 22.5 Å². The van der Waals surface area contributed by atoms with Gasteiger partial charge in [-0.25, -0.2) is 0 Å². The summed E-state index contributed by atoms with van der Waals surface area (Å²) in [6, 6.07) is 0. The lowest BCUT2D eigenvalue weighted by Gasteiger charge is -2.17. The van der Waals surface area contributed by atoms with Gasteiger partial charge in [-0.15, -0.1) is 10.2 Å². The van der Waals surface area contributed by atoms with Crippen LogP contribution in [0.4, 0.5) is 43.9 Å². The summed E-state index contributed by atoms with van der Waals surface area (Å²) in [6.45, 7) is 0. The van der Waals surface area contributed by atoms with Gasteiger partial charge in [0.25, 0.3) is 0 Å². The number of nitrogens with zero attached hydrogens (tertiary/aromatic N) is 2. The van der Waals surface area contributed by atoms with E-state index < -0.39 is 45.5 Å². The van der Waals surface area contributed by atoms with E-state index in [0.29, 0.717) is 0 Å². The Morgan fingerprint density at radius 1 is 0.579 bits per heavy atom. The Kier molecular flexibility index (Phi) is 3.50. The van der Waals surface area contributed by atoms with Crippen molar-refractivity contribution >= 4 is 11.3 Å². The fourth-order valence-electron chi connectivity index (χ4n) is 0.719. The molecule has 1 aromatic heterocycles. The monoisotopic (exact) mass is 322 g/mol. The summed E-state index contributed by atoms with van der Waals surface area (Å²) in [5.74, 6) is -11.3. The second-order valence-corrected chi connectivity index (χ2v) is 4.03. The van der Waals surface area contributed by atoms with E-state index in [2.05, 4.69) is 10.2 Å². The Morgan fingerprint density at radius 3 is 1.05 bits per heavy atom. The zero-order valence-electron chi connectivity index (χ0n) is 8.08. The Hall–Kier alpha value is -1.14. The van der Waals surface area contributed by atoms with Crippen molar-refractivity contribution in [2.24, 2.45) is 0 Å². The van der Waals surface area contributed by atoms with Crippen LogP contribution < -0.4 is 0 Å². The van der Waals surface area contributed by atoms with E-state index in [4.69, 9.17) is 0 Å². The molecule has 0 aliphatic heterocycles. The fraction of sp³-hybridized carbons (Fsp3) is 0.667. The van der Waals surface area contributed by atoms with E-state index in [-0.39, 0.29) is 0 Å². The summed E-state index contributed by atoms with van der Waals surface area (Å²) in [4.78, 5) is 0. The Bertz CT molecular complexity index is 417. The van der Waals surface area contributed by atoms with Crippen LogP contribution in [0.15, 0.2) is 0 Å². The molecule has 0 saturated carbocycles. The molecule has 0 radical (unpaired) electrons. The van der Waals surface area contributed by atoms with Gasteiger partial charge in [-0.05, 0) is 0 Å². The van der Waals surface area contributed by atoms with Crippen molar-refractivity contribution in [1.29, 1.82) is 0 Å². The predicted molar refractivity (Wildman–Crippen MR) is 39.8 cm³/mol. The van der Waals surface area contributed by atoms with Crippen LogP contribution in [0.3, 0.4) is 0 Å². The molecule has 2 nitrogen and oxygen atoms in total. The van der Waals surface area contributed by atoms with Gasteiger partial charge in [0.05, 0.1) is 0 Å². The van der Waals surface area contributed by atoms with Gasteiger partial charge in [0.2, 0.25) is 0 Å². The average Bonchev–Trinajstić information content (AvgIpc) is 2.62. The minimum Gasteiger partial charge on any atom is -0.188 e. The Balaban J connectivity index is 3.22. The molecular formula is C6F10N2S. The predicted octanol–water partition coefficient (Wildman–Crippen LogP) is 3.85. The third kappa shape index (κ3) is 2.60. The normalized spacial score (nSPS) is 14.8. The van der Waals surface area contributed by atoms with E-state index in [1.165, 1.54) is 0 Å². The number of halogens is 10. The molecule has 0 N–H and O–H groups in total. The van der Waals surface area contributed by atoms with Crippen LogP contribution in [0.5, 0.6) is 0 Å². The summed E-state index contributed by atoms with van der Waals surface area (Å²) in [5, 5.41) is -0.480. The lowest BCUT2D eigenvalue weighted by molar-refractivity contribution is -0.289. The molecule has 13 heteroatoms. The van der Waals surface area contributed by atoms with Crippen molar-refractivity contribution in [3.63, 3.8) is 0 Å². The number of hydrogen-bond acceptors (Lipinski definition) is 3. The maximum atomic E-state index is 12.6. The summed E-state index contributed by atoms with van der Waals surface area (Å²) < 4.78 is 121. The standard InChI is InChI=1S/C6F10N2S/c7-3(8,5(11,12)13)1-17-18-2(19-1)4(9,10)6(14,15)16. The first kappa shape index (κ1) is 15.9. The smallest absolute Gasteiger partial charge is 0.188 e. The third-order valence-corrected chi connectivity index (χ3v) is 2.74. The second kappa shape index (κ2) is 4.18. The number of hydrogen-bond donors (Lipinski definition) is 0. The fourth-order valence-corrected chi connectivity index (χ4v) is 1.55. The summed E-state index contributed by atoms with van der Waals surface area (Å²) >= 11 is -1.16. The van der Waals surface area contributed by atoms with E-state index in [1.807, 2.05) is 0 Å². The molecule has 0 amide bonds. The zero-order valence-corrected chi connectivity index (χ0v) is 8.90. The number of aromatic nitrogens is 2. The van der Waals surface area contributed by atoms with Gasteiger partial charge in [0.15, 0.2) is 10.0 Å². The van der Waals surface area contributed by atoms with Crippen LogP contribution in [0, 0.1) is 0 Å². The third-order valence-electron chi connectivity index (χ3n) is 1.67. The lowest BCUT2D eigenvalue weighted by atomic mass is 10.3. The summed E-state index contributed by atoms with van der Waals surface area (Å²) in [6.07, 6.45) is -12.4. The topological polar surface area (TPSA) is 25.8 Å². The molecule has 0 atom stereocenters. The second-order valence-electron chi connectivity index (χ2n) is 3.06. The highest BCUT2D eigenvalue weighted by Gasteiger charge is 2.64. The molecule has 19 heavy (non-hydrogen) atoms. The van der Waals surface area contributed by atoms with Crippen molar-refractivity contribution < 1.29 is 43.9 Å². The minimum atomic E-state index is -6.18. The quantitative estimate of drug-likeness (QED) is 0.773. The molecule has 0 spiro atoms. The molecule has 1 rings (SSSR count). The first-order valence-electron chi connectivity index (χ1n) is 3.95. The molecule has 0 saturated heterocycles. The van der Waals surface area contributed by atoms with Gasteiger partial charge in [-0.1, -0.05) is 11.3 Å². The molecule has 0 fully saturated rings. The SMILES string of the molecule is FC(F)(F)C(F)(F)c1nnc(C(F)(F)C(F)(F)F)s1. The van der Waals surface area contributed by atoms with Crippen LogP contribution in [-0.2, 0) is 11.8 Å². The van der Waals surface area contributed by atoms with Gasteiger partial charge in [0.1, 0.15) is 0 Å². The van der Waals surface area contributed by atoms with E-state index >= 15 is 0 Å². The highest BCUT2D eigenvalue weighted by molar-refractivity contribution is 7.11. The van der Waals surface area contributed by atoms with Gasteiger partial charge >= 0.3 is 24.2 Å². The molecule has 0 aliphatic rings. The van der Waals surface area contributed by atoms with Crippen molar-refractivity contribution in [3.8, 4) is 0 Å². The highest BCUT2D eigenvalue weighted by atomic mass is 32.1. The van der Waals surface area contributed by atoms with Crippen LogP contribution in [0.25, 0.3) is 0 Å². The van der Waals surface area contributed by atoms with E-state index in [1.54, 1.807) is 0 Å². The van der Waals surface area contributed by atoms with Gasteiger partial charge < -0.3 is 0 Å². The van der Waals surface area contributed by atoms with E-state index in [0.717, 1.165) is 0 Å². The molecule has 1 aromatic rings. The lowest BCUT2D eigenvalue weighted by Crippen LogP contribution is -2.34. The first-order valence-corrected chi connectivity index (χ1v) is 4.76. The first-order chi connectivity index (χ1) is 8.21. The maximum Gasteiger partial charge on any atom is 0.460 e. The van der Waals surface area contributed by atoms with Crippen molar-refractivity contribution in [2.45, 2.75) is 24.2 Å². The van der Waals surface area contributed by atoms with Crippen LogP contribution in [0.1, 0.15) is 10.0 Å². The molecule has 0 unspecified atom stereocenters. The maximum absolute atomic E-state index is 12.6. The number of rotatable bonds is 2. The van der Waals surface area contributed by atoms with Crippen molar-refractivity contribution in [3.05, 3.63) is 10.0 Å². The summed E-state index contributed by atoms with van der Waals surface area (Å²) in [5.41, 5.74) is 0. The molecule has 0 aromatic carbocycles. The van der Waals surface area contributed by atoms with Gasteiger partial charge in [-0.2, -0.15) is 43.9 Å². The highest BCUT2D eigenvalue weighted by Crippen LogP contribution is 2.49. The minimum absolute atomic E-state index is 1.16. The molecule has 0 aliphatic carbocycles. The Labute approximate surface area is 101 Å². The molecule has 1 heterocycles. The van der Waals surface area contributed by atoms with Crippen molar-refractivity contribution in [1.82, 2.24) is 10.2 Å². The molecule has 0 bridgehead atoms.